The maximum atomic E-state index is 13.0. The average molecular weight is 318 g/mol. The van der Waals surface area contributed by atoms with Gasteiger partial charge in [-0.3, -0.25) is 4.79 Å². The smallest absolute Gasteiger partial charge is 0.340 e. The number of nitrogens with zero attached hydrogens (tertiary/aromatic N) is 1. The summed E-state index contributed by atoms with van der Waals surface area (Å²) in [6.07, 6.45) is 1.33. The van der Waals surface area contributed by atoms with Gasteiger partial charge in [0.25, 0.3) is 0 Å². The zero-order chi connectivity index (χ0) is 17.1. The minimum absolute atomic E-state index is 0.0263. The van der Waals surface area contributed by atoms with E-state index in [9.17, 15) is 14.7 Å². The van der Waals surface area contributed by atoms with Crippen molar-refractivity contribution in [2.75, 3.05) is 5.73 Å². The molecule has 3 N–H and O–H groups in total. The monoisotopic (exact) mass is 318 g/mol. The number of rotatable bonds is 4. The van der Waals surface area contributed by atoms with Crippen LogP contribution >= 0.6 is 0 Å². The van der Waals surface area contributed by atoms with Gasteiger partial charge >= 0.3 is 5.97 Å². The van der Waals surface area contributed by atoms with Crippen LogP contribution in [-0.2, 0) is 0 Å². The summed E-state index contributed by atoms with van der Waals surface area (Å²) >= 11 is 0. The Balaban J connectivity index is 2.17. The van der Waals surface area contributed by atoms with Crippen LogP contribution in [0.5, 0.6) is 0 Å². The normalized spacial score (nSPS) is 10.3. The number of hydrogen-bond donors (Lipinski definition) is 2. The predicted molar refractivity (Wildman–Crippen MR) is 90.9 cm³/mol. The Labute approximate surface area is 138 Å². The highest BCUT2D eigenvalue weighted by atomic mass is 16.4. The molecule has 0 radical (unpaired) electrons. The predicted octanol–water partition coefficient (Wildman–Crippen LogP) is 3.26. The van der Waals surface area contributed by atoms with Crippen LogP contribution in [0.3, 0.4) is 0 Å². The molecule has 0 bridgehead atoms. The fraction of sp³-hybridized carbons (Fsp3) is 0. The number of anilines is 1. The molecule has 0 aliphatic heterocycles. The lowest BCUT2D eigenvalue weighted by Gasteiger charge is -2.11. The third-order valence-electron chi connectivity index (χ3n) is 3.70. The van der Waals surface area contributed by atoms with Gasteiger partial charge in [0.1, 0.15) is 11.4 Å². The molecule has 0 aliphatic rings. The summed E-state index contributed by atoms with van der Waals surface area (Å²) < 4.78 is 0. The van der Waals surface area contributed by atoms with Crippen molar-refractivity contribution in [2.24, 2.45) is 0 Å². The fourth-order valence-corrected chi connectivity index (χ4v) is 2.59. The number of nitrogen functional groups attached to an aromatic ring is 1. The lowest BCUT2D eigenvalue weighted by atomic mass is 9.92. The van der Waals surface area contributed by atoms with Gasteiger partial charge in [0.2, 0.25) is 0 Å². The molecule has 2 aromatic carbocycles. The minimum Gasteiger partial charge on any atom is -0.478 e. The highest BCUT2D eigenvalue weighted by molar-refractivity contribution is 6.18. The van der Waals surface area contributed by atoms with Crippen molar-refractivity contribution < 1.29 is 14.7 Å². The number of carboxylic acids is 1. The maximum absolute atomic E-state index is 13.0. The summed E-state index contributed by atoms with van der Waals surface area (Å²) in [5.41, 5.74) is 7.42. The first-order valence-electron chi connectivity index (χ1n) is 7.26. The molecule has 0 spiro atoms. The molecule has 3 aromatic rings. The molecule has 0 atom stereocenters. The Morgan fingerprint density at radius 1 is 0.875 bits per heavy atom. The molecular formula is C19H14N2O3. The SMILES string of the molecule is Nc1nccc(C(=O)c2ccccc2-c2ccccc2)c1C(=O)O. The quantitative estimate of drug-likeness (QED) is 0.720. The van der Waals surface area contributed by atoms with E-state index in [1.54, 1.807) is 12.1 Å². The van der Waals surface area contributed by atoms with Gasteiger partial charge in [-0.2, -0.15) is 0 Å². The van der Waals surface area contributed by atoms with Gasteiger partial charge in [-0.15, -0.1) is 0 Å². The average Bonchev–Trinajstić information content (AvgIpc) is 2.61. The van der Waals surface area contributed by atoms with Gasteiger partial charge in [-0.1, -0.05) is 54.6 Å². The molecule has 0 amide bonds. The fourth-order valence-electron chi connectivity index (χ4n) is 2.59. The van der Waals surface area contributed by atoms with Crippen LogP contribution in [0.2, 0.25) is 0 Å². The van der Waals surface area contributed by atoms with Crippen molar-refractivity contribution in [2.45, 2.75) is 0 Å². The van der Waals surface area contributed by atoms with Crippen LogP contribution in [0, 0.1) is 0 Å². The largest absolute Gasteiger partial charge is 0.478 e. The van der Waals surface area contributed by atoms with E-state index in [0.717, 1.165) is 11.1 Å². The van der Waals surface area contributed by atoms with Crippen molar-refractivity contribution in [3.8, 4) is 11.1 Å². The van der Waals surface area contributed by atoms with E-state index in [2.05, 4.69) is 4.98 Å². The summed E-state index contributed by atoms with van der Waals surface area (Å²) in [6.45, 7) is 0. The first-order valence-corrected chi connectivity index (χ1v) is 7.26. The first kappa shape index (κ1) is 15.4. The summed E-state index contributed by atoms with van der Waals surface area (Å²) in [5, 5.41) is 9.36. The Hall–Kier alpha value is -3.47. The second kappa shape index (κ2) is 6.34. The number of nitrogens with two attached hydrogens (primary N) is 1. The van der Waals surface area contributed by atoms with Crippen molar-refractivity contribution in [3.05, 3.63) is 83.6 Å². The highest BCUT2D eigenvalue weighted by Crippen LogP contribution is 2.27. The number of aromatic nitrogens is 1. The number of ketones is 1. The summed E-state index contributed by atoms with van der Waals surface area (Å²) in [4.78, 5) is 28.2. The standard InChI is InChI=1S/C19H14N2O3/c20-18-16(19(23)24)15(10-11-21-18)17(22)14-9-5-4-8-13(14)12-6-2-1-3-7-12/h1-11H,(H2,20,21)(H,23,24). The first-order chi connectivity index (χ1) is 11.6. The third kappa shape index (κ3) is 2.75. The molecule has 1 heterocycles. The van der Waals surface area contributed by atoms with Gasteiger partial charge in [-0.25, -0.2) is 9.78 Å². The number of pyridine rings is 1. The van der Waals surface area contributed by atoms with Gasteiger partial charge in [0, 0.05) is 17.3 Å². The van der Waals surface area contributed by atoms with Crippen LogP contribution in [0.25, 0.3) is 11.1 Å². The highest BCUT2D eigenvalue weighted by Gasteiger charge is 2.23. The second-order valence-corrected chi connectivity index (χ2v) is 5.16. The molecular weight excluding hydrogens is 304 g/mol. The lowest BCUT2D eigenvalue weighted by molar-refractivity contribution is 0.0693. The van der Waals surface area contributed by atoms with E-state index < -0.39 is 11.8 Å². The number of carbonyl (C=O) groups is 2. The summed E-state index contributed by atoms with van der Waals surface area (Å²) in [7, 11) is 0. The van der Waals surface area contributed by atoms with Crippen LogP contribution in [0.4, 0.5) is 5.82 Å². The summed E-state index contributed by atoms with van der Waals surface area (Å²) in [5.74, 6) is -1.85. The molecule has 3 rings (SSSR count). The van der Waals surface area contributed by atoms with Gasteiger partial charge in [-0.05, 0) is 17.2 Å². The van der Waals surface area contributed by atoms with Crippen LogP contribution < -0.4 is 5.73 Å². The number of benzene rings is 2. The van der Waals surface area contributed by atoms with E-state index in [4.69, 9.17) is 5.73 Å². The molecule has 118 valence electrons. The van der Waals surface area contributed by atoms with Crippen molar-refractivity contribution in [1.29, 1.82) is 0 Å². The van der Waals surface area contributed by atoms with E-state index in [0.29, 0.717) is 5.56 Å². The molecule has 5 nitrogen and oxygen atoms in total. The zero-order valence-electron chi connectivity index (χ0n) is 12.6. The van der Waals surface area contributed by atoms with Crippen LogP contribution in [-0.4, -0.2) is 21.8 Å². The molecule has 0 saturated carbocycles. The van der Waals surface area contributed by atoms with Crippen molar-refractivity contribution >= 4 is 17.6 Å². The molecule has 5 heteroatoms. The molecule has 0 fully saturated rings. The number of hydrogen-bond acceptors (Lipinski definition) is 4. The van der Waals surface area contributed by atoms with E-state index >= 15 is 0 Å². The van der Waals surface area contributed by atoms with Gasteiger partial charge < -0.3 is 10.8 Å². The maximum Gasteiger partial charge on any atom is 0.340 e. The molecule has 0 saturated heterocycles. The topological polar surface area (TPSA) is 93.3 Å². The number of carbonyl (C=O) groups excluding carboxylic acids is 1. The lowest BCUT2D eigenvalue weighted by Crippen LogP contribution is -2.14. The van der Waals surface area contributed by atoms with E-state index in [1.165, 1.54) is 12.3 Å². The zero-order valence-corrected chi connectivity index (χ0v) is 12.6. The van der Waals surface area contributed by atoms with Crippen molar-refractivity contribution in [3.63, 3.8) is 0 Å². The van der Waals surface area contributed by atoms with E-state index in [-0.39, 0.29) is 16.9 Å². The third-order valence-corrected chi connectivity index (χ3v) is 3.70. The molecule has 0 aliphatic carbocycles. The Bertz CT molecular complexity index is 921. The van der Waals surface area contributed by atoms with E-state index in [1.807, 2.05) is 42.5 Å². The van der Waals surface area contributed by atoms with Crippen LogP contribution in [0.1, 0.15) is 26.3 Å². The molecule has 0 unspecified atom stereocenters. The number of carboxylic acid groups (broad SMARTS) is 1. The van der Waals surface area contributed by atoms with Gasteiger partial charge in [0.15, 0.2) is 5.78 Å². The van der Waals surface area contributed by atoms with Gasteiger partial charge in [0.05, 0.1) is 0 Å². The minimum atomic E-state index is -1.28. The van der Waals surface area contributed by atoms with Crippen LogP contribution in [0.15, 0.2) is 66.9 Å². The Morgan fingerprint density at radius 2 is 1.54 bits per heavy atom. The molecule has 1 aromatic heterocycles. The molecule has 24 heavy (non-hydrogen) atoms. The summed E-state index contributed by atoms with van der Waals surface area (Å²) in [6, 6.07) is 17.9. The number of aromatic carboxylic acids is 1. The second-order valence-electron chi connectivity index (χ2n) is 5.16. The Morgan fingerprint density at radius 3 is 2.25 bits per heavy atom. The Kier molecular flexibility index (Phi) is 4.07. The van der Waals surface area contributed by atoms with Crippen molar-refractivity contribution in [1.82, 2.24) is 4.98 Å².